The number of nitrogens with zero attached hydrogens (tertiary/aromatic N) is 2. The lowest BCUT2D eigenvalue weighted by atomic mass is 9.96. The van der Waals surface area contributed by atoms with Crippen LogP contribution in [0.5, 0.6) is 0 Å². The first kappa shape index (κ1) is 18.6. The summed E-state index contributed by atoms with van der Waals surface area (Å²) in [6.07, 6.45) is 2.10. The van der Waals surface area contributed by atoms with Crippen molar-refractivity contribution in [1.29, 1.82) is 0 Å². The van der Waals surface area contributed by atoms with Gasteiger partial charge in [-0.25, -0.2) is 12.8 Å². The van der Waals surface area contributed by atoms with Crippen LogP contribution >= 0.6 is 0 Å². The molecule has 148 valence electrons. The minimum Gasteiger partial charge on any atom is -0.467 e. The molecule has 0 bridgehead atoms. The molecular weight excluding hydrogens is 389 g/mol. The van der Waals surface area contributed by atoms with Gasteiger partial charge in [0.25, 0.3) is 5.91 Å². The molecule has 1 aromatic carbocycles. The Balaban J connectivity index is 1.40. The van der Waals surface area contributed by atoms with E-state index in [1.54, 1.807) is 12.1 Å². The molecule has 0 unspecified atom stereocenters. The van der Waals surface area contributed by atoms with Crippen molar-refractivity contribution in [2.24, 2.45) is 5.16 Å². The monoisotopic (exact) mass is 407 g/mol. The summed E-state index contributed by atoms with van der Waals surface area (Å²) in [5, 5.41) is 6.56. The second kappa shape index (κ2) is 7.02. The highest BCUT2D eigenvalue weighted by atomic mass is 32.2. The minimum absolute atomic E-state index is 0.0459. The van der Waals surface area contributed by atoms with Crippen LogP contribution in [0.3, 0.4) is 0 Å². The number of carbonyl (C=O) groups excluding carboxylic acids is 1. The highest BCUT2D eigenvalue weighted by Crippen LogP contribution is 2.36. The minimum atomic E-state index is -3.85. The molecule has 0 radical (unpaired) electrons. The van der Waals surface area contributed by atoms with Gasteiger partial charge in [0, 0.05) is 19.4 Å². The average molecular weight is 407 g/mol. The van der Waals surface area contributed by atoms with Crippen molar-refractivity contribution in [2.75, 3.05) is 13.1 Å². The third kappa shape index (κ3) is 3.52. The van der Waals surface area contributed by atoms with Gasteiger partial charge < -0.3 is 14.6 Å². The molecule has 4 rings (SSSR count). The lowest BCUT2D eigenvalue weighted by Gasteiger charge is -2.21. The van der Waals surface area contributed by atoms with Crippen LogP contribution in [0.1, 0.15) is 18.6 Å². The maximum atomic E-state index is 13.4. The smallest absolute Gasteiger partial charge is 0.269 e. The third-order valence-electron chi connectivity index (χ3n) is 4.82. The summed E-state index contributed by atoms with van der Waals surface area (Å²) in [6.45, 7) is 0.470. The SMILES string of the molecule is O=C(NCc1ccco1)C1=NO[C@]2(CCN(S(=O)(=O)c3cccc(F)c3)C2)C1. The van der Waals surface area contributed by atoms with E-state index in [1.807, 2.05) is 0 Å². The summed E-state index contributed by atoms with van der Waals surface area (Å²) >= 11 is 0. The molecule has 2 aliphatic rings. The highest BCUT2D eigenvalue weighted by molar-refractivity contribution is 7.89. The van der Waals surface area contributed by atoms with Crippen molar-refractivity contribution < 1.29 is 26.9 Å². The number of nitrogens with one attached hydrogen (secondary N) is 1. The molecule has 1 aromatic heterocycles. The molecule has 1 saturated heterocycles. The largest absolute Gasteiger partial charge is 0.467 e. The van der Waals surface area contributed by atoms with Crippen molar-refractivity contribution in [2.45, 2.75) is 29.9 Å². The summed E-state index contributed by atoms with van der Waals surface area (Å²) < 4.78 is 45.3. The van der Waals surface area contributed by atoms with E-state index in [-0.39, 0.29) is 42.6 Å². The van der Waals surface area contributed by atoms with E-state index in [0.717, 1.165) is 6.07 Å². The zero-order valence-electron chi connectivity index (χ0n) is 14.8. The van der Waals surface area contributed by atoms with Crippen LogP contribution in [0.2, 0.25) is 0 Å². The predicted molar refractivity (Wildman–Crippen MR) is 96.2 cm³/mol. The second-order valence-corrected chi connectivity index (χ2v) is 8.74. The summed E-state index contributed by atoms with van der Waals surface area (Å²) in [4.78, 5) is 17.7. The maximum absolute atomic E-state index is 13.4. The summed E-state index contributed by atoms with van der Waals surface area (Å²) in [5.74, 6) is -0.401. The molecule has 1 N–H and O–H groups in total. The van der Waals surface area contributed by atoms with Gasteiger partial charge in [-0.05, 0) is 30.3 Å². The van der Waals surface area contributed by atoms with Crippen LogP contribution < -0.4 is 5.32 Å². The van der Waals surface area contributed by atoms with Crippen molar-refractivity contribution in [3.63, 3.8) is 0 Å². The van der Waals surface area contributed by atoms with Gasteiger partial charge in [-0.3, -0.25) is 4.79 Å². The number of hydrogen-bond donors (Lipinski definition) is 1. The van der Waals surface area contributed by atoms with Crippen LogP contribution in [-0.2, 0) is 26.2 Å². The number of furan rings is 1. The fraction of sp³-hybridized carbons (Fsp3) is 0.333. The van der Waals surface area contributed by atoms with Crippen molar-refractivity contribution in [3.05, 3.63) is 54.2 Å². The van der Waals surface area contributed by atoms with E-state index in [4.69, 9.17) is 9.25 Å². The Morgan fingerprint density at radius 1 is 1.32 bits per heavy atom. The van der Waals surface area contributed by atoms with E-state index >= 15 is 0 Å². The predicted octanol–water partition coefficient (Wildman–Crippen LogP) is 1.64. The van der Waals surface area contributed by atoms with Crippen molar-refractivity contribution in [1.82, 2.24) is 9.62 Å². The van der Waals surface area contributed by atoms with Gasteiger partial charge >= 0.3 is 0 Å². The first-order chi connectivity index (χ1) is 13.4. The van der Waals surface area contributed by atoms with E-state index in [9.17, 15) is 17.6 Å². The van der Waals surface area contributed by atoms with E-state index in [0.29, 0.717) is 12.2 Å². The van der Waals surface area contributed by atoms with Gasteiger partial charge in [0.05, 0.1) is 24.2 Å². The topological polar surface area (TPSA) is 101 Å². The highest BCUT2D eigenvalue weighted by Gasteiger charge is 2.49. The van der Waals surface area contributed by atoms with E-state index < -0.39 is 21.4 Å². The second-order valence-electron chi connectivity index (χ2n) is 6.80. The molecule has 10 heteroatoms. The fourth-order valence-corrected chi connectivity index (χ4v) is 4.88. The Hall–Kier alpha value is -2.72. The van der Waals surface area contributed by atoms with Crippen molar-refractivity contribution in [3.8, 4) is 0 Å². The van der Waals surface area contributed by atoms with Gasteiger partial charge in [-0.1, -0.05) is 11.2 Å². The zero-order chi connectivity index (χ0) is 19.8. The first-order valence-corrected chi connectivity index (χ1v) is 10.1. The number of oxime groups is 1. The molecule has 28 heavy (non-hydrogen) atoms. The van der Waals surface area contributed by atoms with Gasteiger partial charge in [0.15, 0.2) is 5.60 Å². The molecule has 0 saturated carbocycles. The molecule has 1 amide bonds. The summed E-state index contributed by atoms with van der Waals surface area (Å²) in [7, 11) is -3.85. The van der Waals surface area contributed by atoms with E-state index in [1.165, 1.54) is 28.8 Å². The first-order valence-electron chi connectivity index (χ1n) is 8.69. The van der Waals surface area contributed by atoms with Gasteiger partial charge in [0.2, 0.25) is 10.0 Å². The fourth-order valence-electron chi connectivity index (χ4n) is 3.33. The number of carbonyl (C=O) groups is 1. The molecular formula is C18H18FN3O5S. The van der Waals surface area contributed by atoms with Crippen LogP contribution in [0.25, 0.3) is 0 Å². The molecule has 8 nitrogen and oxygen atoms in total. The maximum Gasteiger partial charge on any atom is 0.269 e. The Kier molecular flexibility index (Phi) is 4.68. The molecule has 1 spiro atoms. The number of sulfonamides is 1. The molecule has 3 heterocycles. The average Bonchev–Trinajstić information content (AvgIpc) is 3.42. The Morgan fingerprint density at radius 3 is 2.93 bits per heavy atom. The molecule has 2 aromatic rings. The number of halogens is 1. The standard InChI is InChI=1S/C18H18FN3O5S/c19-13-3-1-5-15(9-13)28(24,25)22-7-6-18(12-22)10-16(21-27-18)17(23)20-11-14-4-2-8-26-14/h1-5,8-9H,6-7,10-12H2,(H,20,23)/t18-/m1/s1. The number of amides is 1. The quantitative estimate of drug-likeness (QED) is 0.812. The van der Waals surface area contributed by atoms with Gasteiger partial charge in [-0.15, -0.1) is 0 Å². The lowest BCUT2D eigenvalue weighted by Crippen LogP contribution is -2.38. The molecule has 2 aliphatic heterocycles. The Labute approximate surface area is 161 Å². The van der Waals surface area contributed by atoms with Gasteiger partial charge in [0.1, 0.15) is 17.3 Å². The zero-order valence-corrected chi connectivity index (χ0v) is 15.6. The van der Waals surface area contributed by atoms with Crippen LogP contribution in [0, 0.1) is 5.82 Å². The van der Waals surface area contributed by atoms with Crippen molar-refractivity contribution >= 4 is 21.6 Å². The van der Waals surface area contributed by atoms with Crippen LogP contribution in [-0.4, -0.2) is 43.0 Å². The third-order valence-corrected chi connectivity index (χ3v) is 6.66. The van der Waals surface area contributed by atoms with Crippen LogP contribution in [0.15, 0.2) is 57.1 Å². The molecule has 0 aliphatic carbocycles. The number of hydrogen-bond acceptors (Lipinski definition) is 6. The molecule has 1 atom stereocenters. The number of benzene rings is 1. The van der Waals surface area contributed by atoms with E-state index in [2.05, 4.69) is 10.5 Å². The normalized spacial score (nSPS) is 22.2. The molecule has 1 fully saturated rings. The summed E-state index contributed by atoms with van der Waals surface area (Å²) in [5.41, 5.74) is -0.672. The summed E-state index contributed by atoms with van der Waals surface area (Å²) in [6, 6.07) is 8.33. The Morgan fingerprint density at radius 2 is 2.18 bits per heavy atom. The Bertz CT molecular complexity index is 1020. The van der Waals surface area contributed by atoms with Gasteiger partial charge in [-0.2, -0.15) is 4.31 Å². The number of rotatable bonds is 5. The van der Waals surface area contributed by atoms with Crippen LogP contribution in [0.4, 0.5) is 4.39 Å². The lowest BCUT2D eigenvalue weighted by molar-refractivity contribution is -0.115.